The van der Waals surface area contributed by atoms with Gasteiger partial charge in [-0.3, -0.25) is 14.5 Å². The summed E-state index contributed by atoms with van der Waals surface area (Å²) < 4.78 is 10.4. The SMILES string of the molecule is COc1ccc(/C=C2\N=C(SCC(=O)NCc3ccco3)N(Cc3ccccc3)C2=O)cc1. The molecular formula is C25H23N3O4S. The van der Waals surface area contributed by atoms with E-state index in [2.05, 4.69) is 10.3 Å². The maximum absolute atomic E-state index is 13.2. The number of rotatable bonds is 8. The largest absolute Gasteiger partial charge is 0.497 e. The molecule has 0 atom stereocenters. The summed E-state index contributed by atoms with van der Waals surface area (Å²) in [5, 5.41) is 3.31. The molecule has 33 heavy (non-hydrogen) atoms. The molecule has 2 heterocycles. The Hall–Kier alpha value is -3.78. The number of nitrogens with zero attached hydrogens (tertiary/aromatic N) is 2. The van der Waals surface area contributed by atoms with Crippen LogP contribution in [-0.2, 0) is 22.7 Å². The van der Waals surface area contributed by atoms with Gasteiger partial charge in [0.2, 0.25) is 5.91 Å². The van der Waals surface area contributed by atoms with E-state index in [1.54, 1.807) is 36.5 Å². The Kier molecular flexibility index (Phi) is 7.26. The molecule has 2 aromatic carbocycles. The summed E-state index contributed by atoms with van der Waals surface area (Å²) in [4.78, 5) is 31.6. The van der Waals surface area contributed by atoms with Crippen molar-refractivity contribution in [1.82, 2.24) is 10.2 Å². The summed E-state index contributed by atoms with van der Waals surface area (Å²) in [5.74, 6) is 1.18. The van der Waals surface area contributed by atoms with E-state index < -0.39 is 0 Å². The van der Waals surface area contributed by atoms with Gasteiger partial charge in [0.1, 0.15) is 17.2 Å². The maximum Gasteiger partial charge on any atom is 0.278 e. The second-order valence-corrected chi connectivity index (χ2v) is 8.16. The zero-order valence-electron chi connectivity index (χ0n) is 18.1. The second kappa shape index (κ2) is 10.7. The minimum atomic E-state index is -0.201. The number of nitrogens with one attached hydrogen (secondary N) is 1. The van der Waals surface area contributed by atoms with E-state index in [-0.39, 0.29) is 17.6 Å². The fraction of sp³-hybridized carbons (Fsp3) is 0.160. The van der Waals surface area contributed by atoms with E-state index in [1.807, 2.05) is 54.6 Å². The third kappa shape index (κ3) is 5.93. The van der Waals surface area contributed by atoms with Gasteiger partial charge in [-0.15, -0.1) is 0 Å². The van der Waals surface area contributed by atoms with Crippen molar-refractivity contribution in [1.29, 1.82) is 0 Å². The third-order valence-corrected chi connectivity index (χ3v) is 5.86. The Morgan fingerprint density at radius 2 is 1.91 bits per heavy atom. The van der Waals surface area contributed by atoms with Gasteiger partial charge >= 0.3 is 0 Å². The first-order valence-electron chi connectivity index (χ1n) is 10.3. The minimum absolute atomic E-state index is 0.133. The Balaban J connectivity index is 1.48. The van der Waals surface area contributed by atoms with Crippen LogP contribution >= 0.6 is 11.8 Å². The summed E-state index contributed by atoms with van der Waals surface area (Å²) >= 11 is 1.23. The summed E-state index contributed by atoms with van der Waals surface area (Å²) in [6.07, 6.45) is 3.30. The van der Waals surface area contributed by atoms with Crippen LogP contribution in [0.25, 0.3) is 6.08 Å². The van der Waals surface area contributed by atoms with Gasteiger partial charge in [0.25, 0.3) is 5.91 Å². The van der Waals surface area contributed by atoms with Crippen LogP contribution in [0.2, 0.25) is 0 Å². The van der Waals surface area contributed by atoms with Crippen LogP contribution in [0.3, 0.4) is 0 Å². The highest BCUT2D eigenvalue weighted by Gasteiger charge is 2.31. The van der Waals surface area contributed by atoms with Gasteiger partial charge in [-0.05, 0) is 41.5 Å². The van der Waals surface area contributed by atoms with Gasteiger partial charge in [-0.2, -0.15) is 0 Å². The highest BCUT2D eigenvalue weighted by atomic mass is 32.2. The molecular weight excluding hydrogens is 438 g/mol. The van der Waals surface area contributed by atoms with Crippen LogP contribution in [0, 0.1) is 0 Å². The van der Waals surface area contributed by atoms with Crippen molar-refractivity contribution in [3.8, 4) is 5.75 Å². The van der Waals surface area contributed by atoms with Crippen molar-refractivity contribution >= 4 is 34.8 Å². The summed E-state index contributed by atoms with van der Waals surface area (Å²) in [7, 11) is 1.61. The van der Waals surface area contributed by atoms with Gasteiger partial charge in [0.05, 0.1) is 32.2 Å². The molecule has 3 aromatic rings. The monoisotopic (exact) mass is 461 g/mol. The summed E-state index contributed by atoms with van der Waals surface area (Å²) in [6, 6.07) is 20.6. The van der Waals surface area contributed by atoms with Crippen molar-refractivity contribution in [3.05, 3.63) is 95.6 Å². The van der Waals surface area contributed by atoms with Crippen LogP contribution in [0.5, 0.6) is 5.75 Å². The van der Waals surface area contributed by atoms with Crippen LogP contribution in [-0.4, -0.2) is 34.7 Å². The Labute approximate surface area is 196 Å². The van der Waals surface area contributed by atoms with E-state index in [9.17, 15) is 9.59 Å². The first-order chi connectivity index (χ1) is 16.1. The first-order valence-corrected chi connectivity index (χ1v) is 11.3. The molecule has 0 saturated heterocycles. The number of aliphatic imine (C=N–C) groups is 1. The molecule has 168 valence electrons. The number of thioether (sulfide) groups is 1. The molecule has 1 N–H and O–H groups in total. The van der Waals surface area contributed by atoms with Gasteiger partial charge < -0.3 is 14.5 Å². The average Bonchev–Trinajstić information content (AvgIpc) is 3.47. The molecule has 0 saturated carbocycles. The fourth-order valence-electron chi connectivity index (χ4n) is 3.18. The van der Waals surface area contributed by atoms with Gasteiger partial charge in [-0.1, -0.05) is 54.2 Å². The van der Waals surface area contributed by atoms with Crippen molar-refractivity contribution in [2.24, 2.45) is 4.99 Å². The van der Waals surface area contributed by atoms with Crippen molar-refractivity contribution in [2.45, 2.75) is 13.1 Å². The molecule has 0 fully saturated rings. The second-order valence-electron chi connectivity index (χ2n) is 7.22. The molecule has 0 bridgehead atoms. The number of carbonyl (C=O) groups is 2. The first kappa shape index (κ1) is 22.4. The van der Waals surface area contributed by atoms with Crippen LogP contribution in [0.4, 0.5) is 0 Å². The molecule has 1 aliphatic heterocycles. The van der Waals surface area contributed by atoms with Crippen LogP contribution < -0.4 is 10.1 Å². The topological polar surface area (TPSA) is 84.1 Å². The smallest absolute Gasteiger partial charge is 0.278 e. The molecule has 2 amide bonds. The maximum atomic E-state index is 13.2. The van der Waals surface area contributed by atoms with E-state index >= 15 is 0 Å². The standard InChI is InChI=1S/C25H23N3O4S/c1-31-20-11-9-18(10-12-20)14-22-24(30)28(16-19-6-3-2-4-7-19)25(27-22)33-17-23(29)26-15-21-8-5-13-32-21/h2-14H,15-17H2,1H3,(H,26,29)/b22-14-. The van der Waals surface area contributed by atoms with Crippen molar-refractivity contribution in [2.75, 3.05) is 12.9 Å². The number of ether oxygens (including phenoxy) is 1. The lowest BCUT2D eigenvalue weighted by molar-refractivity contribution is -0.123. The molecule has 1 aliphatic rings. The number of furan rings is 1. The number of amidine groups is 1. The van der Waals surface area contributed by atoms with Crippen molar-refractivity contribution in [3.63, 3.8) is 0 Å². The third-order valence-electron chi connectivity index (χ3n) is 4.89. The number of hydrogen-bond donors (Lipinski definition) is 1. The predicted octanol–water partition coefficient (Wildman–Crippen LogP) is 4.08. The Morgan fingerprint density at radius 1 is 1.12 bits per heavy atom. The zero-order valence-corrected chi connectivity index (χ0v) is 18.9. The summed E-state index contributed by atoms with van der Waals surface area (Å²) in [5.41, 5.74) is 2.15. The van der Waals surface area contributed by atoms with Crippen molar-refractivity contribution < 1.29 is 18.7 Å². The molecule has 7 nitrogen and oxygen atoms in total. The summed E-state index contributed by atoms with van der Waals surface area (Å²) in [6.45, 7) is 0.688. The normalized spacial score (nSPS) is 14.5. The van der Waals surface area contributed by atoms with E-state index in [0.29, 0.717) is 29.7 Å². The average molecular weight is 462 g/mol. The lowest BCUT2D eigenvalue weighted by Crippen LogP contribution is -2.31. The van der Waals surface area contributed by atoms with E-state index in [4.69, 9.17) is 9.15 Å². The lowest BCUT2D eigenvalue weighted by Gasteiger charge is -2.17. The van der Waals surface area contributed by atoms with E-state index in [1.165, 1.54) is 11.8 Å². The number of amides is 2. The number of benzene rings is 2. The van der Waals surface area contributed by atoms with Crippen LogP contribution in [0.15, 0.2) is 88.1 Å². The van der Waals surface area contributed by atoms with Gasteiger partial charge in [0, 0.05) is 0 Å². The Morgan fingerprint density at radius 3 is 2.61 bits per heavy atom. The minimum Gasteiger partial charge on any atom is -0.497 e. The molecule has 0 unspecified atom stereocenters. The number of methoxy groups -OCH3 is 1. The highest BCUT2D eigenvalue weighted by Crippen LogP contribution is 2.26. The molecule has 8 heteroatoms. The number of carbonyl (C=O) groups excluding carboxylic acids is 2. The molecule has 1 aromatic heterocycles. The van der Waals surface area contributed by atoms with Gasteiger partial charge in [0.15, 0.2) is 5.17 Å². The molecule has 0 radical (unpaired) electrons. The zero-order chi connectivity index (χ0) is 23.0. The molecule has 0 spiro atoms. The predicted molar refractivity (Wildman–Crippen MR) is 128 cm³/mol. The quantitative estimate of drug-likeness (QED) is 0.511. The highest BCUT2D eigenvalue weighted by molar-refractivity contribution is 8.14. The number of hydrogen-bond acceptors (Lipinski definition) is 6. The molecule has 0 aliphatic carbocycles. The fourth-order valence-corrected chi connectivity index (χ4v) is 4.01. The van der Waals surface area contributed by atoms with Crippen LogP contribution in [0.1, 0.15) is 16.9 Å². The van der Waals surface area contributed by atoms with E-state index in [0.717, 1.165) is 16.9 Å². The lowest BCUT2D eigenvalue weighted by atomic mass is 10.1. The Bertz CT molecular complexity index is 1160. The van der Waals surface area contributed by atoms with Gasteiger partial charge in [-0.25, -0.2) is 4.99 Å². The molecule has 4 rings (SSSR count).